The van der Waals surface area contributed by atoms with Gasteiger partial charge in [0.2, 0.25) is 0 Å². The van der Waals surface area contributed by atoms with Crippen LogP contribution < -0.4 is 5.73 Å². The van der Waals surface area contributed by atoms with Gasteiger partial charge in [-0.15, -0.1) is 10.2 Å². The molecule has 2 N–H and O–H groups in total. The van der Waals surface area contributed by atoms with Crippen LogP contribution in [-0.2, 0) is 17.7 Å². The predicted molar refractivity (Wildman–Crippen MR) is 58.9 cm³/mol. The molecule has 88 valence electrons. The molecule has 1 saturated heterocycles. The van der Waals surface area contributed by atoms with Crippen LogP contribution in [0.1, 0.15) is 43.4 Å². The third-order valence-corrected chi connectivity index (χ3v) is 3.55. The van der Waals surface area contributed by atoms with Gasteiger partial charge in [-0.2, -0.15) is 0 Å². The number of ether oxygens (including phenoxy) is 1. The van der Waals surface area contributed by atoms with E-state index in [-0.39, 0.29) is 12.2 Å². The largest absolute Gasteiger partial charge is 0.366 e. The Morgan fingerprint density at radius 1 is 1.31 bits per heavy atom. The number of rotatable bonds is 2. The molecule has 1 aromatic heterocycles. The number of nitrogens with zero attached hydrogens (tertiary/aromatic N) is 3. The van der Waals surface area contributed by atoms with Gasteiger partial charge in [0.15, 0.2) is 5.82 Å². The van der Waals surface area contributed by atoms with Crippen molar-refractivity contribution < 1.29 is 4.74 Å². The van der Waals surface area contributed by atoms with E-state index in [1.54, 1.807) is 0 Å². The zero-order chi connectivity index (χ0) is 11.0. The monoisotopic (exact) mass is 222 g/mol. The van der Waals surface area contributed by atoms with E-state index in [1.165, 1.54) is 12.8 Å². The van der Waals surface area contributed by atoms with E-state index in [0.717, 1.165) is 37.5 Å². The van der Waals surface area contributed by atoms with E-state index >= 15 is 0 Å². The van der Waals surface area contributed by atoms with Crippen LogP contribution in [0, 0.1) is 0 Å². The Bertz CT molecular complexity index is 376. The van der Waals surface area contributed by atoms with Crippen LogP contribution in [0.2, 0.25) is 0 Å². The molecule has 0 bridgehead atoms. The highest BCUT2D eigenvalue weighted by Crippen LogP contribution is 2.32. The molecule has 0 radical (unpaired) electrons. The molecule has 3 heterocycles. The van der Waals surface area contributed by atoms with Crippen LogP contribution >= 0.6 is 0 Å². The molecule has 0 amide bonds. The van der Waals surface area contributed by atoms with Crippen molar-refractivity contribution in [2.45, 2.75) is 50.9 Å². The maximum atomic E-state index is 5.87. The van der Waals surface area contributed by atoms with Crippen LogP contribution in [-0.4, -0.2) is 27.4 Å². The molecule has 2 aliphatic rings. The third kappa shape index (κ3) is 1.64. The Morgan fingerprint density at radius 3 is 3.06 bits per heavy atom. The van der Waals surface area contributed by atoms with Crippen LogP contribution in [0.15, 0.2) is 0 Å². The molecule has 2 atom stereocenters. The third-order valence-electron chi connectivity index (χ3n) is 3.55. The number of nitrogens with two attached hydrogens (primary N) is 1. The van der Waals surface area contributed by atoms with E-state index in [9.17, 15) is 0 Å². The Balaban J connectivity index is 1.82. The van der Waals surface area contributed by atoms with Crippen molar-refractivity contribution in [2.24, 2.45) is 5.73 Å². The topological polar surface area (TPSA) is 66.0 Å². The Morgan fingerprint density at radius 2 is 2.25 bits per heavy atom. The first-order valence-corrected chi connectivity index (χ1v) is 6.16. The minimum Gasteiger partial charge on any atom is -0.366 e. The van der Waals surface area contributed by atoms with Gasteiger partial charge in [-0.1, -0.05) is 0 Å². The fourth-order valence-corrected chi connectivity index (χ4v) is 2.64. The molecular weight excluding hydrogens is 204 g/mol. The molecule has 5 heteroatoms. The zero-order valence-electron chi connectivity index (χ0n) is 9.43. The zero-order valence-corrected chi connectivity index (χ0v) is 9.43. The summed E-state index contributed by atoms with van der Waals surface area (Å²) < 4.78 is 8.12. The van der Waals surface area contributed by atoms with Gasteiger partial charge in [0.1, 0.15) is 11.9 Å². The summed E-state index contributed by atoms with van der Waals surface area (Å²) in [6.45, 7) is 1.66. The summed E-state index contributed by atoms with van der Waals surface area (Å²) in [5, 5.41) is 8.55. The summed E-state index contributed by atoms with van der Waals surface area (Å²) >= 11 is 0. The number of hydrogen-bond acceptors (Lipinski definition) is 4. The van der Waals surface area contributed by atoms with E-state index < -0.39 is 0 Å². The lowest BCUT2D eigenvalue weighted by atomic mass is 10.1. The summed E-state index contributed by atoms with van der Waals surface area (Å²) in [7, 11) is 0. The smallest absolute Gasteiger partial charge is 0.162 e. The second-order valence-electron chi connectivity index (χ2n) is 4.64. The SMILES string of the molecule is NCC1CCC(c2nnc3n2CCCC3)O1. The van der Waals surface area contributed by atoms with Crippen LogP contribution in [0.3, 0.4) is 0 Å². The van der Waals surface area contributed by atoms with Gasteiger partial charge in [-0.05, 0) is 25.7 Å². The highest BCUT2D eigenvalue weighted by atomic mass is 16.5. The first-order chi connectivity index (χ1) is 7.88. The lowest BCUT2D eigenvalue weighted by Gasteiger charge is -2.17. The maximum Gasteiger partial charge on any atom is 0.162 e. The summed E-state index contributed by atoms with van der Waals surface area (Å²) in [5.41, 5.74) is 5.62. The minimum absolute atomic E-state index is 0.118. The maximum absolute atomic E-state index is 5.87. The molecule has 0 spiro atoms. The summed E-state index contributed by atoms with van der Waals surface area (Å²) in [6.07, 6.45) is 5.92. The highest BCUT2D eigenvalue weighted by Gasteiger charge is 2.30. The van der Waals surface area contributed by atoms with Crippen LogP contribution in [0.25, 0.3) is 0 Å². The summed E-state index contributed by atoms with van der Waals surface area (Å²) in [6, 6.07) is 0. The summed E-state index contributed by atoms with van der Waals surface area (Å²) in [4.78, 5) is 0. The minimum atomic E-state index is 0.118. The molecule has 16 heavy (non-hydrogen) atoms. The van der Waals surface area contributed by atoms with E-state index in [1.807, 2.05) is 0 Å². The quantitative estimate of drug-likeness (QED) is 0.803. The second kappa shape index (κ2) is 4.14. The van der Waals surface area contributed by atoms with Gasteiger partial charge < -0.3 is 15.0 Å². The normalized spacial score (nSPS) is 29.3. The fourth-order valence-electron chi connectivity index (χ4n) is 2.64. The van der Waals surface area contributed by atoms with E-state index in [2.05, 4.69) is 14.8 Å². The van der Waals surface area contributed by atoms with Gasteiger partial charge in [0.25, 0.3) is 0 Å². The van der Waals surface area contributed by atoms with Crippen molar-refractivity contribution in [2.75, 3.05) is 6.54 Å². The lowest BCUT2D eigenvalue weighted by molar-refractivity contribution is 0.0421. The first kappa shape index (κ1) is 10.2. The molecule has 0 saturated carbocycles. The average Bonchev–Trinajstić information content (AvgIpc) is 2.94. The molecule has 5 nitrogen and oxygen atoms in total. The molecule has 0 aromatic carbocycles. The molecule has 2 aliphatic heterocycles. The Hall–Kier alpha value is -0.940. The van der Waals surface area contributed by atoms with Crippen molar-refractivity contribution in [3.05, 3.63) is 11.6 Å². The van der Waals surface area contributed by atoms with Crippen molar-refractivity contribution in [1.29, 1.82) is 0 Å². The molecule has 1 aromatic rings. The number of hydrogen-bond donors (Lipinski definition) is 1. The molecule has 3 rings (SSSR count). The highest BCUT2D eigenvalue weighted by molar-refractivity contribution is 5.03. The van der Waals surface area contributed by atoms with Gasteiger partial charge in [-0.25, -0.2) is 0 Å². The fraction of sp³-hybridized carbons (Fsp3) is 0.818. The standard InChI is InChI=1S/C11H18N4O/c12-7-8-4-5-9(16-8)11-14-13-10-3-1-2-6-15(10)11/h8-9H,1-7,12H2. The predicted octanol–water partition coefficient (Wildman–Crippen LogP) is 0.793. The first-order valence-electron chi connectivity index (χ1n) is 6.16. The van der Waals surface area contributed by atoms with Crippen molar-refractivity contribution in [3.63, 3.8) is 0 Å². The second-order valence-corrected chi connectivity index (χ2v) is 4.64. The van der Waals surface area contributed by atoms with Gasteiger partial charge in [-0.3, -0.25) is 0 Å². The van der Waals surface area contributed by atoms with Gasteiger partial charge in [0.05, 0.1) is 6.10 Å². The molecule has 1 fully saturated rings. The average molecular weight is 222 g/mol. The Kier molecular flexibility index (Phi) is 2.65. The van der Waals surface area contributed by atoms with Crippen molar-refractivity contribution in [1.82, 2.24) is 14.8 Å². The van der Waals surface area contributed by atoms with Crippen molar-refractivity contribution in [3.8, 4) is 0 Å². The number of fused-ring (bicyclic) bond motifs is 1. The van der Waals surface area contributed by atoms with Gasteiger partial charge in [0, 0.05) is 19.5 Å². The van der Waals surface area contributed by atoms with Crippen LogP contribution in [0.5, 0.6) is 0 Å². The molecule has 0 aliphatic carbocycles. The molecular formula is C11H18N4O. The number of aryl methyl sites for hydroxylation is 1. The Labute approximate surface area is 95.0 Å². The van der Waals surface area contributed by atoms with Gasteiger partial charge >= 0.3 is 0 Å². The number of aromatic nitrogens is 3. The summed E-state index contributed by atoms with van der Waals surface area (Å²) in [5.74, 6) is 2.15. The van der Waals surface area contributed by atoms with E-state index in [4.69, 9.17) is 10.5 Å². The molecule has 2 unspecified atom stereocenters. The van der Waals surface area contributed by atoms with Crippen molar-refractivity contribution >= 4 is 0 Å². The lowest BCUT2D eigenvalue weighted by Crippen LogP contribution is -2.20. The van der Waals surface area contributed by atoms with E-state index in [0.29, 0.717) is 6.54 Å². The van der Waals surface area contributed by atoms with Crippen LogP contribution in [0.4, 0.5) is 0 Å².